The van der Waals surface area contributed by atoms with Crippen LogP contribution in [0.25, 0.3) is 0 Å². The average Bonchev–Trinajstić information content (AvgIpc) is 2.15. The molecule has 0 aliphatic heterocycles. The van der Waals surface area contributed by atoms with Crippen molar-refractivity contribution in [1.82, 2.24) is 0 Å². The maximum atomic E-state index is 11.2. The van der Waals surface area contributed by atoms with Gasteiger partial charge in [-0.25, -0.2) is 4.79 Å². The van der Waals surface area contributed by atoms with Crippen LogP contribution < -0.4 is 0 Å². The van der Waals surface area contributed by atoms with Crippen LogP contribution in [0, 0.1) is 0 Å². The van der Waals surface area contributed by atoms with Crippen molar-refractivity contribution < 1.29 is 9.53 Å². The zero-order chi connectivity index (χ0) is 13.3. The Labute approximate surface area is 105 Å². The van der Waals surface area contributed by atoms with Gasteiger partial charge in [-0.1, -0.05) is 22.8 Å². The van der Waals surface area contributed by atoms with Crippen molar-refractivity contribution in [2.75, 3.05) is 6.61 Å². The topological polar surface area (TPSA) is 26.3 Å². The summed E-state index contributed by atoms with van der Waals surface area (Å²) < 4.78 is 5.04. The predicted molar refractivity (Wildman–Crippen MR) is 72.8 cm³/mol. The summed E-state index contributed by atoms with van der Waals surface area (Å²) in [7, 11) is 0. The Bertz CT molecular complexity index is 325. The van der Waals surface area contributed by atoms with Gasteiger partial charge in [0.1, 0.15) is 6.61 Å². The van der Waals surface area contributed by atoms with E-state index in [1.807, 2.05) is 19.9 Å². The molecule has 0 aromatic carbocycles. The lowest BCUT2D eigenvalue weighted by molar-refractivity contribution is -0.136. The fourth-order valence-corrected chi connectivity index (χ4v) is 1.23. The number of esters is 1. The Morgan fingerprint density at radius 1 is 1.00 bits per heavy atom. The second-order valence-corrected chi connectivity index (χ2v) is 4.72. The van der Waals surface area contributed by atoms with E-state index in [1.54, 1.807) is 0 Å². The first-order valence-corrected chi connectivity index (χ1v) is 6.02. The van der Waals surface area contributed by atoms with E-state index >= 15 is 0 Å². The van der Waals surface area contributed by atoms with E-state index in [-0.39, 0.29) is 5.97 Å². The van der Waals surface area contributed by atoms with E-state index in [4.69, 9.17) is 4.74 Å². The lowest BCUT2D eigenvalue weighted by Gasteiger charge is -2.01. The minimum atomic E-state index is -0.265. The molecule has 0 atom stereocenters. The lowest BCUT2D eigenvalue weighted by atomic mass is 10.1. The second kappa shape index (κ2) is 8.80. The van der Waals surface area contributed by atoms with Crippen LogP contribution in [0.2, 0.25) is 0 Å². The Balaban J connectivity index is 3.88. The molecule has 0 aliphatic rings. The van der Waals surface area contributed by atoms with Gasteiger partial charge in [-0.15, -0.1) is 0 Å². The van der Waals surface area contributed by atoms with Gasteiger partial charge >= 0.3 is 5.97 Å². The van der Waals surface area contributed by atoms with Crippen LogP contribution in [0.3, 0.4) is 0 Å². The number of hydrogen-bond acceptors (Lipinski definition) is 2. The largest absolute Gasteiger partial charge is 0.458 e. The maximum absolute atomic E-state index is 11.2. The molecule has 0 aliphatic carbocycles. The molecule has 0 saturated heterocycles. The molecule has 0 heterocycles. The Kier molecular flexibility index (Phi) is 8.12. The monoisotopic (exact) mass is 236 g/mol. The molecule has 0 N–H and O–H groups in total. The van der Waals surface area contributed by atoms with Crippen LogP contribution in [-0.4, -0.2) is 12.6 Å². The molecule has 17 heavy (non-hydrogen) atoms. The smallest absolute Gasteiger partial charge is 0.330 e. The van der Waals surface area contributed by atoms with Gasteiger partial charge in [-0.3, -0.25) is 0 Å². The minimum Gasteiger partial charge on any atom is -0.458 e. The number of allylic oxidation sites excluding steroid dienone is 4. The summed E-state index contributed by atoms with van der Waals surface area (Å²) in [6.45, 7) is 10.4. The molecule has 0 bridgehead atoms. The van der Waals surface area contributed by atoms with Crippen molar-refractivity contribution >= 4 is 5.97 Å². The molecule has 0 rings (SSSR count). The van der Waals surface area contributed by atoms with Crippen LogP contribution in [-0.2, 0) is 9.53 Å². The normalized spacial score (nSPS) is 10.8. The van der Waals surface area contributed by atoms with Crippen LogP contribution >= 0.6 is 0 Å². The van der Waals surface area contributed by atoms with Gasteiger partial charge in [0.15, 0.2) is 0 Å². The van der Waals surface area contributed by atoms with Gasteiger partial charge in [0.25, 0.3) is 0 Å². The SMILES string of the molecule is CC(C)=CCC/C(C)=C\COC(=O)C=C(C)C. The number of rotatable bonds is 6. The van der Waals surface area contributed by atoms with E-state index in [0.29, 0.717) is 6.61 Å². The predicted octanol–water partition coefficient (Wildman–Crippen LogP) is 4.19. The second-order valence-electron chi connectivity index (χ2n) is 4.72. The Hall–Kier alpha value is -1.31. The highest BCUT2D eigenvalue weighted by Gasteiger charge is 1.96. The van der Waals surface area contributed by atoms with Gasteiger partial charge in [0.2, 0.25) is 0 Å². The molecule has 0 radical (unpaired) electrons. The summed E-state index contributed by atoms with van der Waals surface area (Å²) in [6, 6.07) is 0. The zero-order valence-electron chi connectivity index (χ0n) is 11.7. The van der Waals surface area contributed by atoms with Crippen molar-refractivity contribution in [2.24, 2.45) is 0 Å². The van der Waals surface area contributed by atoms with Crippen LogP contribution in [0.15, 0.2) is 34.9 Å². The summed E-state index contributed by atoms with van der Waals surface area (Å²) in [5.74, 6) is -0.265. The summed E-state index contributed by atoms with van der Waals surface area (Å²) in [4.78, 5) is 11.2. The van der Waals surface area contributed by atoms with Crippen molar-refractivity contribution in [3.8, 4) is 0 Å². The molecule has 0 aromatic rings. The van der Waals surface area contributed by atoms with Crippen molar-refractivity contribution in [3.63, 3.8) is 0 Å². The molecule has 0 spiro atoms. The highest BCUT2D eigenvalue weighted by molar-refractivity contribution is 5.82. The first-order valence-electron chi connectivity index (χ1n) is 6.02. The standard InChI is InChI=1S/C15H24O2/c1-12(2)7-6-8-14(5)9-10-17-15(16)11-13(3)4/h7,9,11H,6,8,10H2,1-5H3/b14-9-. The van der Waals surface area contributed by atoms with Gasteiger partial charge in [0, 0.05) is 6.08 Å². The highest BCUT2D eigenvalue weighted by atomic mass is 16.5. The Morgan fingerprint density at radius 2 is 1.65 bits per heavy atom. The molecule has 0 aromatic heterocycles. The van der Waals surface area contributed by atoms with Gasteiger partial charge in [0.05, 0.1) is 0 Å². The van der Waals surface area contributed by atoms with Crippen LogP contribution in [0.1, 0.15) is 47.5 Å². The van der Waals surface area contributed by atoms with E-state index in [9.17, 15) is 4.79 Å². The highest BCUT2D eigenvalue weighted by Crippen LogP contribution is 2.06. The average molecular weight is 236 g/mol. The molecule has 2 nitrogen and oxygen atoms in total. The van der Waals surface area contributed by atoms with Crippen molar-refractivity contribution in [3.05, 3.63) is 34.9 Å². The fourth-order valence-electron chi connectivity index (χ4n) is 1.23. The lowest BCUT2D eigenvalue weighted by Crippen LogP contribution is -2.01. The maximum Gasteiger partial charge on any atom is 0.330 e. The third-order valence-electron chi connectivity index (χ3n) is 2.16. The molecule has 2 heteroatoms. The van der Waals surface area contributed by atoms with Crippen molar-refractivity contribution in [1.29, 1.82) is 0 Å². The van der Waals surface area contributed by atoms with Crippen LogP contribution in [0.5, 0.6) is 0 Å². The minimum absolute atomic E-state index is 0.265. The molecular weight excluding hydrogens is 212 g/mol. The van der Waals surface area contributed by atoms with E-state index in [1.165, 1.54) is 17.2 Å². The van der Waals surface area contributed by atoms with E-state index in [0.717, 1.165) is 18.4 Å². The molecule has 0 fully saturated rings. The Morgan fingerprint density at radius 3 is 2.18 bits per heavy atom. The first-order chi connectivity index (χ1) is 7.91. The third-order valence-corrected chi connectivity index (χ3v) is 2.16. The quantitative estimate of drug-likeness (QED) is 0.393. The molecule has 0 amide bonds. The van der Waals surface area contributed by atoms with Gasteiger partial charge < -0.3 is 4.74 Å². The molecule has 96 valence electrons. The molecular formula is C15H24O2. The number of carbonyl (C=O) groups excluding carboxylic acids is 1. The number of carbonyl (C=O) groups is 1. The molecule has 0 saturated carbocycles. The number of hydrogen-bond donors (Lipinski definition) is 0. The number of ether oxygens (including phenoxy) is 1. The van der Waals surface area contributed by atoms with E-state index in [2.05, 4.69) is 26.8 Å². The van der Waals surface area contributed by atoms with Crippen LogP contribution in [0.4, 0.5) is 0 Å². The third kappa shape index (κ3) is 11.0. The van der Waals surface area contributed by atoms with E-state index < -0.39 is 0 Å². The zero-order valence-corrected chi connectivity index (χ0v) is 11.7. The first kappa shape index (κ1) is 15.7. The fraction of sp³-hybridized carbons (Fsp3) is 0.533. The summed E-state index contributed by atoms with van der Waals surface area (Å²) in [5.41, 5.74) is 3.56. The van der Waals surface area contributed by atoms with Gasteiger partial charge in [-0.05, 0) is 53.5 Å². The van der Waals surface area contributed by atoms with Gasteiger partial charge in [-0.2, -0.15) is 0 Å². The molecule has 0 unspecified atom stereocenters. The summed E-state index contributed by atoms with van der Waals surface area (Å²) in [6.07, 6.45) is 7.76. The summed E-state index contributed by atoms with van der Waals surface area (Å²) in [5, 5.41) is 0. The van der Waals surface area contributed by atoms with Crippen molar-refractivity contribution in [2.45, 2.75) is 47.5 Å². The summed E-state index contributed by atoms with van der Waals surface area (Å²) >= 11 is 0.